The molecule has 3 aromatic rings. The van der Waals surface area contributed by atoms with Gasteiger partial charge in [-0.15, -0.1) is 6.42 Å². The van der Waals surface area contributed by atoms with E-state index in [-0.39, 0.29) is 22.2 Å². The molecule has 1 aromatic heterocycles. The number of halogens is 2. The smallest absolute Gasteiger partial charge is 0.407 e. The molecule has 1 amide bonds. The Kier molecular flexibility index (Phi) is 4.95. The van der Waals surface area contributed by atoms with Crippen LogP contribution in [0.3, 0.4) is 0 Å². The summed E-state index contributed by atoms with van der Waals surface area (Å²) in [6, 6.07) is 8.73. The van der Waals surface area contributed by atoms with E-state index in [1.807, 2.05) is 18.2 Å². The fraction of sp³-hybridized carbons (Fsp3) is 0.190. The number of nitrogens with zero attached hydrogens (tertiary/aromatic N) is 3. The number of likely N-dealkylation sites (tertiary alicyclic amines) is 1. The first kappa shape index (κ1) is 19.0. The maximum absolute atomic E-state index is 14.7. The van der Waals surface area contributed by atoms with Crippen molar-refractivity contribution in [2.45, 2.75) is 12.3 Å². The Balaban J connectivity index is 1.71. The molecule has 4 rings (SSSR count). The fourth-order valence-electron chi connectivity index (χ4n) is 3.54. The molecule has 6 nitrogen and oxygen atoms in total. The highest BCUT2D eigenvalue weighted by Gasteiger charge is 2.27. The van der Waals surface area contributed by atoms with Crippen LogP contribution in [-0.4, -0.2) is 39.2 Å². The first-order valence-corrected chi connectivity index (χ1v) is 9.30. The SMILES string of the molecule is C#Cc1c(Cl)ccc(Nc2ncnc3ccc(C4CCN(C(=O)O)C4)cc23)c1F. The molecule has 146 valence electrons. The lowest BCUT2D eigenvalue weighted by atomic mass is 9.97. The molecule has 0 radical (unpaired) electrons. The van der Waals surface area contributed by atoms with E-state index in [9.17, 15) is 14.3 Å². The van der Waals surface area contributed by atoms with E-state index >= 15 is 0 Å². The van der Waals surface area contributed by atoms with Crippen molar-refractivity contribution in [3.63, 3.8) is 0 Å². The summed E-state index contributed by atoms with van der Waals surface area (Å²) in [5.41, 5.74) is 1.81. The highest BCUT2D eigenvalue weighted by atomic mass is 35.5. The first-order chi connectivity index (χ1) is 14.0. The minimum Gasteiger partial charge on any atom is -0.465 e. The zero-order chi connectivity index (χ0) is 20.5. The molecule has 1 aliphatic rings. The van der Waals surface area contributed by atoms with Crippen molar-refractivity contribution in [1.82, 2.24) is 14.9 Å². The van der Waals surface area contributed by atoms with Gasteiger partial charge in [-0.25, -0.2) is 19.2 Å². The Labute approximate surface area is 171 Å². The van der Waals surface area contributed by atoms with Crippen LogP contribution >= 0.6 is 11.6 Å². The second kappa shape index (κ2) is 7.57. The van der Waals surface area contributed by atoms with Crippen molar-refractivity contribution in [2.24, 2.45) is 0 Å². The zero-order valence-electron chi connectivity index (χ0n) is 15.2. The van der Waals surface area contributed by atoms with E-state index < -0.39 is 11.9 Å². The summed E-state index contributed by atoms with van der Waals surface area (Å²) in [6.07, 6.45) is 6.57. The molecule has 1 atom stereocenters. The van der Waals surface area contributed by atoms with Gasteiger partial charge in [0.05, 0.1) is 21.8 Å². The van der Waals surface area contributed by atoms with Gasteiger partial charge in [-0.1, -0.05) is 23.6 Å². The molecule has 1 unspecified atom stereocenters. The number of rotatable bonds is 3. The molecule has 1 saturated heterocycles. The lowest BCUT2D eigenvalue weighted by Crippen LogP contribution is -2.26. The third kappa shape index (κ3) is 3.55. The quantitative estimate of drug-likeness (QED) is 0.616. The monoisotopic (exact) mass is 410 g/mol. The van der Waals surface area contributed by atoms with Crippen molar-refractivity contribution in [1.29, 1.82) is 0 Å². The summed E-state index contributed by atoms with van der Waals surface area (Å²) in [7, 11) is 0. The number of anilines is 2. The number of hydrogen-bond acceptors (Lipinski definition) is 4. The van der Waals surface area contributed by atoms with Gasteiger partial charge in [-0.05, 0) is 36.2 Å². The molecule has 8 heteroatoms. The normalized spacial score (nSPS) is 16.0. The Hall–Kier alpha value is -3.37. The van der Waals surface area contributed by atoms with Crippen molar-refractivity contribution >= 4 is 40.1 Å². The van der Waals surface area contributed by atoms with Crippen LogP contribution in [-0.2, 0) is 0 Å². The van der Waals surface area contributed by atoms with Crippen LogP contribution < -0.4 is 5.32 Å². The van der Waals surface area contributed by atoms with Crippen molar-refractivity contribution in [3.05, 3.63) is 58.6 Å². The number of carboxylic acid groups (broad SMARTS) is 1. The average molecular weight is 411 g/mol. The molecule has 2 N–H and O–H groups in total. The minimum atomic E-state index is -0.915. The molecule has 2 heterocycles. The highest BCUT2D eigenvalue weighted by Crippen LogP contribution is 2.33. The van der Waals surface area contributed by atoms with Crippen molar-refractivity contribution in [2.75, 3.05) is 18.4 Å². The summed E-state index contributed by atoms with van der Waals surface area (Å²) in [5.74, 6) is 2.14. The van der Waals surface area contributed by atoms with E-state index in [4.69, 9.17) is 18.0 Å². The zero-order valence-corrected chi connectivity index (χ0v) is 15.9. The second-order valence-electron chi connectivity index (χ2n) is 6.77. The maximum Gasteiger partial charge on any atom is 0.407 e. The van der Waals surface area contributed by atoms with Gasteiger partial charge in [0, 0.05) is 24.4 Å². The number of fused-ring (bicyclic) bond motifs is 1. The topological polar surface area (TPSA) is 78.4 Å². The van der Waals surface area contributed by atoms with Crippen LogP contribution in [0, 0.1) is 18.2 Å². The van der Waals surface area contributed by atoms with Crippen LogP contribution in [0.4, 0.5) is 20.7 Å². The standard InChI is InChI=1S/C21H16ClFN4O2/c1-2-14-16(22)4-6-18(19(14)23)26-20-15-9-12(3-5-17(15)24-11-25-20)13-7-8-27(10-13)21(28)29/h1,3-6,9,11,13H,7-8,10H2,(H,28,29)(H,24,25,26). The largest absolute Gasteiger partial charge is 0.465 e. The Morgan fingerprint density at radius 1 is 1.34 bits per heavy atom. The van der Waals surface area contributed by atoms with Gasteiger partial charge < -0.3 is 15.3 Å². The summed E-state index contributed by atoms with van der Waals surface area (Å²) in [5, 5.41) is 13.0. The predicted molar refractivity (Wildman–Crippen MR) is 109 cm³/mol. The van der Waals surface area contributed by atoms with Gasteiger partial charge in [0.2, 0.25) is 0 Å². The van der Waals surface area contributed by atoms with Crippen LogP contribution in [0.25, 0.3) is 10.9 Å². The number of amides is 1. The molecule has 0 aliphatic carbocycles. The Morgan fingerprint density at radius 3 is 2.90 bits per heavy atom. The van der Waals surface area contributed by atoms with E-state index in [2.05, 4.69) is 21.2 Å². The summed E-state index contributed by atoms with van der Waals surface area (Å²) >= 11 is 5.95. The van der Waals surface area contributed by atoms with E-state index in [0.29, 0.717) is 29.8 Å². The van der Waals surface area contributed by atoms with Gasteiger partial charge >= 0.3 is 6.09 Å². The average Bonchev–Trinajstić information content (AvgIpc) is 3.21. The third-order valence-corrected chi connectivity index (χ3v) is 5.39. The maximum atomic E-state index is 14.7. The molecule has 1 aliphatic heterocycles. The van der Waals surface area contributed by atoms with Crippen LogP contribution in [0.2, 0.25) is 5.02 Å². The highest BCUT2D eigenvalue weighted by molar-refractivity contribution is 6.31. The van der Waals surface area contributed by atoms with Gasteiger partial charge in [0.25, 0.3) is 0 Å². The molecular formula is C21H16ClFN4O2. The second-order valence-corrected chi connectivity index (χ2v) is 7.17. The van der Waals surface area contributed by atoms with Gasteiger partial charge in [0.1, 0.15) is 12.1 Å². The number of aromatic nitrogens is 2. The Morgan fingerprint density at radius 2 is 2.17 bits per heavy atom. The van der Waals surface area contributed by atoms with E-state index in [1.165, 1.54) is 23.4 Å². The number of benzene rings is 2. The number of nitrogens with one attached hydrogen (secondary N) is 1. The molecule has 1 fully saturated rings. The van der Waals surface area contributed by atoms with Crippen LogP contribution in [0.15, 0.2) is 36.7 Å². The molecule has 0 saturated carbocycles. The van der Waals surface area contributed by atoms with Gasteiger partial charge in [-0.3, -0.25) is 0 Å². The Bertz CT molecular complexity index is 1160. The molecule has 29 heavy (non-hydrogen) atoms. The lowest BCUT2D eigenvalue weighted by Gasteiger charge is -2.15. The van der Waals surface area contributed by atoms with E-state index in [1.54, 1.807) is 0 Å². The first-order valence-electron chi connectivity index (χ1n) is 8.92. The fourth-order valence-corrected chi connectivity index (χ4v) is 3.74. The summed E-state index contributed by atoms with van der Waals surface area (Å²) in [4.78, 5) is 21.1. The van der Waals surface area contributed by atoms with Crippen molar-refractivity contribution < 1.29 is 14.3 Å². The molecular weight excluding hydrogens is 395 g/mol. The van der Waals surface area contributed by atoms with Crippen molar-refractivity contribution in [3.8, 4) is 12.3 Å². The lowest BCUT2D eigenvalue weighted by molar-refractivity contribution is 0.155. The van der Waals surface area contributed by atoms with Gasteiger partial charge in [-0.2, -0.15) is 0 Å². The van der Waals surface area contributed by atoms with Gasteiger partial charge in [0.15, 0.2) is 5.82 Å². The minimum absolute atomic E-state index is 0.0181. The van der Waals surface area contributed by atoms with Crippen LogP contribution in [0.1, 0.15) is 23.5 Å². The number of carbonyl (C=O) groups is 1. The summed E-state index contributed by atoms with van der Waals surface area (Å²) < 4.78 is 14.7. The third-order valence-electron chi connectivity index (χ3n) is 5.08. The number of hydrogen-bond donors (Lipinski definition) is 2. The molecule has 2 aromatic carbocycles. The van der Waals surface area contributed by atoms with Crippen LogP contribution in [0.5, 0.6) is 0 Å². The van der Waals surface area contributed by atoms with E-state index in [0.717, 1.165) is 12.0 Å². The predicted octanol–water partition coefficient (Wildman–Crippen LogP) is 4.61. The number of terminal acetylenes is 1. The molecule has 0 spiro atoms. The molecule has 0 bridgehead atoms. The summed E-state index contributed by atoms with van der Waals surface area (Å²) in [6.45, 7) is 0.938.